The van der Waals surface area contributed by atoms with Crippen LogP contribution in [0.4, 0.5) is 5.69 Å². The number of nitrogens with one attached hydrogen (secondary N) is 1. The lowest BCUT2D eigenvalue weighted by Gasteiger charge is -2.14. The van der Waals surface area contributed by atoms with E-state index < -0.39 is 0 Å². The first-order valence-electron chi connectivity index (χ1n) is 8.70. The van der Waals surface area contributed by atoms with Crippen molar-refractivity contribution >= 4 is 67.8 Å². The highest BCUT2D eigenvalue weighted by molar-refractivity contribution is 9.10. The summed E-state index contributed by atoms with van der Waals surface area (Å²) in [5.41, 5.74) is 1.51. The van der Waals surface area contributed by atoms with Crippen molar-refractivity contribution in [1.29, 1.82) is 0 Å². The summed E-state index contributed by atoms with van der Waals surface area (Å²) in [6.45, 7) is 0.394. The van der Waals surface area contributed by atoms with E-state index in [9.17, 15) is 9.59 Å². The fourth-order valence-electron chi connectivity index (χ4n) is 2.85. The predicted molar refractivity (Wildman–Crippen MR) is 120 cm³/mol. The Kier molecular flexibility index (Phi) is 5.89. The second kappa shape index (κ2) is 8.56. The molecule has 4 rings (SSSR count). The molecule has 0 saturated carbocycles. The topological polar surface area (TPSA) is 67.9 Å². The van der Waals surface area contributed by atoms with E-state index in [0.29, 0.717) is 26.4 Å². The molecule has 1 fully saturated rings. The normalized spacial score (nSPS) is 16.6. The summed E-state index contributed by atoms with van der Waals surface area (Å²) in [6.07, 6.45) is 1.93. The summed E-state index contributed by atoms with van der Waals surface area (Å²) in [5.74, 6) is 0.847. The van der Waals surface area contributed by atoms with E-state index in [0.717, 1.165) is 10.0 Å². The van der Waals surface area contributed by atoms with Crippen molar-refractivity contribution in [1.82, 2.24) is 4.90 Å². The van der Waals surface area contributed by atoms with Crippen LogP contribution in [0.5, 0.6) is 11.5 Å². The van der Waals surface area contributed by atoms with E-state index in [1.54, 1.807) is 24.3 Å². The van der Waals surface area contributed by atoms with Crippen molar-refractivity contribution in [3.8, 4) is 11.5 Å². The molecule has 2 amide bonds. The first kappa shape index (κ1) is 19.9. The highest BCUT2D eigenvalue weighted by Gasteiger charge is 2.32. The van der Waals surface area contributed by atoms with Crippen molar-refractivity contribution < 1.29 is 19.1 Å². The van der Waals surface area contributed by atoms with Crippen LogP contribution in [0.1, 0.15) is 12.0 Å². The minimum absolute atomic E-state index is 0.130. The molecule has 6 nitrogen and oxygen atoms in total. The number of hydrogen-bond acceptors (Lipinski definition) is 6. The third kappa shape index (κ3) is 4.63. The quantitative estimate of drug-likeness (QED) is 0.494. The van der Waals surface area contributed by atoms with Crippen LogP contribution >= 0.6 is 39.9 Å². The lowest BCUT2D eigenvalue weighted by Crippen LogP contribution is -2.31. The van der Waals surface area contributed by atoms with Gasteiger partial charge >= 0.3 is 0 Å². The zero-order valence-electron chi connectivity index (χ0n) is 15.0. The smallest absolute Gasteiger partial charge is 0.266 e. The average Bonchev–Trinajstić information content (AvgIpc) is 3.24. The maximum atomic E-state index is 12.7. The molecule has 148 valence electrons. The molecule has 9 heteroatoms. The SMILES string of the molecule is O=C(CCN1C(=O)/C(=C\c2cccc(Br)c2)SC1=S)Nc1ccc2c(c1)OCO2. The second-order valence-electron chi connectivity index (χ2n) is 6.25. The number of nitrogens with zero attached hydrogens (tertiary/aromatic N) is 1. The van der Waals surface area contributed by atoms with Gasteiger partial charge in [0.05, 0.1) is 4.91 Å². The summed E-state index contributed by atoms with van der Waals surface area (Å²) < 4.78 is 11.9. The van der Waals surface area contributed by atoms with Gasteiger partial charge in [-0.15, -0.1) is 0 Å². The summed E-state index contributed by atoms with van der Waals surface area (Å²) >= 11 is 9.99. The number of ether oxygens (including phenoxy) is 2. The molecular weight excluding hydrogens is 476 g/mol. The van der Waals surface area contributed by atoms with Crippen molar-refractivity contribution in [2.24, 2.45) is 0 Å². The molecule has 2 aromatic rings. The minimum Gasteiger partial charge on any atom is -0.454 e. The lowest BCUT2D eigenvalue weighted by molar-refractivity contribution is -0.122. The fourth-order valence-corrected chi connectivity index (χ4v) is 4.58. The van der Waals surface area contributed by atoms with Crippen molar-refractivity contribution in [3.63, 3.8) is 0 Å². The van der Waals surface area contributed by atoms with E-state index in [1.807, 2.05) is 24.3 Å². The zero-order valence-corrected chi connectivity index (χ0v) is 18.2. The standard InChI is InChI=1S/C20H15BrN2O4S2/c21-13-3-1-2-12(8-13)9-17-19(25)23(20(28)29-17)7-6-18(24)22-14-4-5-15-16(10-14)27-11-26-15/h1-5,8-10H,6-7,11H2,(H,22,24)/b17-9+. The van der Waals surface area contributed by atoms with E-state index in [4.69, 9.17) is 21.7 Å². The maximum Gasteiger partial charge on any atom is 0.266 e. The number of carbonyl (C=O) groups excluding carboxylic acids is 2. The van der Waals surface area contributed by atoms with Gasteiger partial charge in [-0.05, 0) is 35.9 Å². The lowest BCUT2D eigenvalue weighted by atomic mass is 10.2. The molecule has 0 unspecified atom stereocenters. The summed E-state index contributed by atoms with van der Waals surface area (Å²) in [7, 11) is 0. The summed E-state index contributed by atoms with van der Waals surface area (Å²) in [5, 5.41) is 2.80. The van der Waals surface area contributed by atoms with Crippen LogP contribution in [-0.2, 0) is 9.59 Å². The van der Waals surface area contributed by atoms with Crippen molar-refractivity contribution in [2.75, 3.05) is 18.7 Å². The molecule has 1 saturated heterocycles. The van der Waals surface area contributed by atoms with Gasteiger partial charge in [0.25, 0.3) is 5.91 Å². The van der Waals surface area contributed by atoms with Gasteiger partial charge in [-0.25, -0.2) is 0 Å². The number of anilines is 1. The number of hydrogen-bond donors (Lipinski definition) is 1. The first-order valence-corrected chi connectivity index (χ1v) is 10.7. The van der Waals surface area contributed by atoms with Gasteiger partial charge in [0, 0.05) is 29.2 Å². The molecule has 1 N–H and O–H groups in total. The van der Waals surface area contributed by atoms with Gasteiger partial charge in [0.1, 0.15) is 4.32 Å². The maximum absolute atomic E-state index is 12.7. The second-order valence-corrected chi connectivity index (χ2v) is 8.85. The van der Waals surface area contributed by atoms with E-state index in [1.165, 1.54) is 16.7 Å². The van der Waals surface area contributed by atoms with Gasteiger partial charge in [0.15, 0.2) is 11.5 Å². The van der Waals surface area contributed by atoms with E-state index in [-0.39, 0.29) is 31.6 Å². The number of halogens is 1. The zero-order chi connectivity index (χ0) is 20.4. The van der Waals surface area contributed by atoms with Crippen molar-refractivity contribution in [2.45, 2.75) is 6.42 Å². The Balaban J connectivity index is 1.36. The molecule has 0 radical (unpaired) electrons. The molecule has 29 heavy (non-hydrogen) atoms. The largest absolute Gasteiger partial charge is 0.454 e. The third-order valence-corrected chi connectivity index (χ3v) is 6.11. The highest BCUT2D eigenvalue weighted by atomic mass is 79.9. The van der Waals surface area contributed by atoms with Crippen LogP contribution in [0, 0.1) is 0 Å². The Labute approximate surface area is 185 Å². The Bertz CT molecular complexity index is 1040. The van der Waals surface area contributed by atoms with Crippen LogP contribution in [0.3, 0.4) is 0 Å². The average molecular weight is 491 g/mol. The Morgan fingerprint density at radius 2 is 2.07 bits per heavy atom. The molecule has 2 aliphatic heterocycles. The highest BCUT2D eigenvalue weighted by Crippen LogP contribution is 2.35. The van der Waals surface area contributed by atoms with Crippen LogP contribution < -0.4 is 14.8 Å². The molecule has 2 aromatic carbocycles. The third-order valence-electron chi connectivity index (χ3n) is 4.24. The molecule has 2 aliphatic rings. The molecule has 0 atom stereocenters. The number of fused-ring (bicyclic) bond motifs is 1. The number of rotatable bonds is 5. The molecule has 0 spiro atoms. The number of carbonyl (C=O) groups is 2. The van der Waals surface area contributed by atoms with Gasteiger partial charge in [-0.3, -0.25) is 14.5 Å². The summed E-state index contributed by atoms with van der Waals surface area (Å²) in [6, 6.07) is 12.8. The molecular formula is C20H15BrN2O4S2. The predicted octanol–water partition coefficient (Wildman–Crippen LogP) is 4.41. The van der Waals surface area contributed by atoms with Crippen molar-refractivity contribution in [3.05, 3.63) is 57.4 Å². The Morgan fingerprint density at radius 1 is 1.24 bits per heavy atom. The van der Waals surface area contributed by atoms with Gasteiger partial charge in [0.2, 0.25) is 12.7 Å². The van der Waals surface area contributed by atoms with Gasteiger partial charge in [-0.1, -0.05) is 52.0 Å². The first-order chi connectivity index (χ1) is 14.0. The van der Waals surface area contributed by atoms with Crippen LogP contribution in [0.25, 0.3) is 6.08 Å². The van der Waals surface area contributed by atoms with E-state index in [2.05, 4.69) is 21.2 Å². The van der Waals surface area contributed by atoms with Crippen LogP contribution in [-0.4, -0.2) is 34.4 Å². The number of amides is 2. The summed E-state index contributed by atoms with van der Waals surface area (Å²) in [4.78, 5) is 27.0. The number of benzene rings is 2. The number of thioether (sulfide) groups is 1. The monoisotopic (exact) mass is 490 g/mol. The number of thiocarbonyl (C=S) groups is 1. The van der Waals surface area contributed by atoms with Gasteiger partial charge < -0.3 is 14.8 Å². The molecule has 0 bridgehead atoms. The molecule has 2 heterocycles. The Morgan fingerprint density at radius 3 is 2.90 bits per heavy atom. The van der Waals surface area contributed by atoms with Crippen LogP contribution in [0.2, 0.25) is 0 Å². The van der Waals surface area contributed by atoms with E-state index >= 15 is 0 Å². The molecule has 0 aromatic heterocycles. The molecule has 0 aliphatic carbocycles. The fraction of sp³-hybridized carbons (Fsp3) is 0.150. The van der Waals surface area contributed by atoms with Gasteiger partial charge in [-0.2, -0.15) is 0 Å². The minimum atomic E-state index is -0.214. The van der Waals surface area contributed by atoms with Crippen LogP contribution in [0.15, 0.2) is 51.8 Å². The Hall–Kier alpha value is -2.36.